The van der Waals surface area contributed by atoms with E-state index in [0.717, 1.165) is 12.8 Å². The van der Waals surface area contributed by atoms with Gasteiger partial charge in [-0.1, -0.05) is 96.9 Å². The van der Waals surface area contributed by atoms with Crippen LogP contribution < -0.4 is 0 Å². The Morgan fingerprint density at radius 2 is 1.07 bits per heavy atom. The SMILES string of the molecule is CC(CC(C)(C)C)C(COC(=O)C(C(C)CC(C)(C)C)C(C)(C)C)C(C)(C)C. The summed E-state index contributed by atoms with van der Waals surface area (Å²) in [5.74, 6) is 1.07. The lowest BCUT2D eigenvalue weighted by molar-refractivity contribution is -0.159. The molecule has 0 aliphatic carbocycles. The van der Waals surface area contributed by atoms with Crippen LogP contribution in [0.3, 0.4) is 0 Å². The Morgan fingerprint density at radius 3 is 1.39 bits per heavy atom. The first-order valence-electron chi connectivity index (χ1n) is 11.3. The van der Waals surface area contributed by atoms with Crippen molar-refractivity contribution in [1.82, 2.24) is 0 Å². The van der Waals surface area contributed by atoms with Crippen LogP contribution >= 0.6 is 0 Å². The Bertz CT molecular complexity index is 477. The fourth-order valence-electron chi connectivity index (χ4n) is 5.16. The van der Waals surface area contributed by atoms with E-state index in [1.54, 1.807) is 0 Å². The summed E-state index contributed by atoms with van der Waals surface area (Å²) in [6.45, 7) is 32.0. The monoisotopic (exact) mass is 396 g/mol. The van der Waals surface area contributed by atoms with Crippen molar-refractivity contribution >= 4 is 5.97 Å². The second kappa shape index (κ2) is 9.52. The maximum atomic E-state index is 13.2. The van der Waals surface area contributed by atoms with Crippen molar-refractivity contribution in [3.05, 3.63) is 0 Å². The third-order valence-corrected chi connectivity index (χ3v) is 5.83. The average molecular weight is 397 g/mol. The van der Waals surface area contributed by atoms with Crippen LogP contribution in [0.15, 0.2) is 0 Å². The molecule has 2 heteroatoms. The summed E-state index contributed by atoms with van der Waals surface area (Å²) < 4.78 is 6.05. The molecule has 0 saturated heterocycles. The van der Waals surface area contributed by atoms with Gasteiger partial charge in [0.25, 0.3) is 0 Å². The Kier molecular flexibility index (Phi) is 9.34. The van der Waals surface area contributed by atoms with E-state index in [2.05, 4.69) is 96.9 Å². The lowest BCUT2D eigenvalue weighted by Gasteiger charge is -2.39. The molecule has 0 aliphatic rings. The zero-order valence-corrected chi connectivity index (χ0v) is 21.7. The van der Waals surface area contributed by atoms with Gasteiger partial charge in [0.15, 0.2) is 0 Å². The van der Waals surface area contributed by atoms with Crippen molar-refractivity contribution in [3.63, 3.8) is 0 Å². The van der Waals surface area contributed by atoms with Gasteiger partial charge >= 0.3 is 5.97 Å². The van der Waals surface area contributed by atoms with Gasteiger partial charge in [0.2, 0.25) is 0 Å². The van der Waals surface area contributed by atoms with Gasteiger partial charge in [-0.05, 0) is 46.3 Å². The minimum absolute atomic E-state index is 0.0125. The van der Waals surface area contributed by atoms with E-state index < -0.39 is 0 Å². The Morgan fingerprint density at radius 1 is 0.679 bits per heavy atom. The van der Waals surface area contributed by atoms with E-state index in [-0.39, 0.29) is 33.5 Å². The highest BCUT2D eigenvalue weighted by Crippen LogP contribution is 2.41. The Labute approximate surface area is 177 Å². The number of esters is 1. The van der Waals surface area contributed by atoms with Gasteiger partial charge < -0.3 is 4.74 Å². The third-order valence-electron chi connectivity index (χ3n) is 5.83. The van der Waals surface area contributed by atoms with Crippen LogP contribution in [0.2, 0.25) is 0 Å². The lowest BCUT2D eigenvalue weighted by Crippen LogP contribution is -2.39. The highest BCUT2D eigenvalue weighted by Gasteiger charge is 2.40. The molecule has 0 spiro atoms. The molecular weight excluding hydrogens is 344 g/mol. The molecule has 0 fully saturated rings. The molecule has 0 bridgehead atoms. The van der Waals surface area contributed by atoms with Gasteiger partial charge in [0.05, 0.1) is 12.5 Å². The molecule has 0 saturated carbocycles. The molecule has 0 radical (unpaired) electrons. The van der Waals surface area contributed by atoms with Crippen LogP contribution in [0.5, 0.6) is 0 Å². The minimum Gasteiger partial charge on any atom is -0.465 e. The molecule has 0 aromatic heterocycles. The van der Waals surface area contributed by atoms with Gasteiger partial charge in [-0.25, -0.2) is 0 Å². The first-order valence-corrected chi connectivity index (χ1v) is 11.3. The van der Waals surface area contributed by atoms with Crippen molar-refractivity contribution in [2.24, 2.45) is 45.3 Å². The number of hydrogen-bond acceptors (Lipinski definition) is 2. The predicted molar refractivity (Wildman–Crippen MR) is 123 cm³/mol. The van der Waals surface area contributed by atoms with E-state index in [4.69, 9.17) is 4.74 Å². The molecule has 0 aromatic rings. The molecule has 0 heterocycles. The fourth-order valence-corrected chi connectivity index (χ4v) is 5.16. The van der Waals surface area contributed by atoms with Crippen LogP contribution in [-0.4, -0.2) is 12.6 Å². The number of rotatable bonds is 7. The maximum absolute atomic E-state index is 13.2. The molecule has 28 heavy (non-hydrogen) atoms. The summed E-state index contributed by atoms with van der Waals surface area (Å²) in [5.41, 5.74) is 0.496. The predicted octanol–water partition coefficient (Wildman–Crippen LogP) is 8.00. The summed E-state index contributed by atoms with van der Waals surface area (Å²) in [6.07, 6.45) is 2.16. The molecule has 0 rings (SSSR count). The zero-order valence-electron chi connectivity index (χ0n) is 21.7. The number of hydrogen-bond donors (Lipinski definition) is 0. The first-order chi connectivity index (χ1) is 12.1. The molecule has 4 unspecified atom stereocenters. The summed E-state index contributed by atoms with van der Waals surface area (Å²) in [6, 6.07) is 0. The lowest BCUT2D eigenvalue weighted by atomic mass is 9.68. The average Bonchev–Trinajstić information content (AvgIpc) is 2.30. The highest BCUT2D eigenvalue weighted by molar-refractivity contribution is 5.73. The van der Waals surface area contributed by atoms with Gasteiger partial charge in [-0.15, -0.1) is 0 Å². The molecular formula is C26H52O2. The highest BCUT2D eigenvalue weighted by atomic mass is 16.5. The number of carbonyl (C=O) groups is 1. The molecule has 4 atom stereocenters. The van der Waals surface area contributed by atoms with Crippen molar-refractivity contribution in [1.29, 1.82) is 0 Å². The molecule has 0 aromatic carbocycles. The number of carbonyl (C=O) groups excluding carboxylic acids is 1. The van der Waals surface area contributed by atoms with Crippen molar-refractivity contribution in [3.8, 4) is 0 Å². The van der Waals surface area contributed by atoms with Crippen molar-refractivity contribution in [2.45, 2.75) is 110 Å². The third kappa shape index (κ3) is 10.3. The summed E-state index contributed by atoms with van der Waals surface area (Å²) >= 11 is 0. The topological polar surface area (TPSA) is 26.3 Å². The van der Waals surface area contributed by atoms with Crippen molar-refractivity contribution < 1.29 is 9.53 Å². The largest absolute Gasteiger partial charge is 0.465 e. The smallest absolute Gasteiger partial charge is 0.309 e. The molecule has 0 amide bonds. The van der Waals surface area contributed by atoms with Crippen LogP contribution in [0.25, 0.3) is 0 Å². The number of ether oxygens (including phenoxy) is 1. The van der Waals surface area contributed by atoms with E-state index in [1.165, 1.54) is 0 Å². The summed E-state index contributed by atoms with van der Waals surface area (Å²) in [4.78, 5) is 13.2. The second-order valence-electron chi connectivity index (χ2n) is 13.9. The summed E-state index contributed by atoms with van der Waals surface area (Å²) in [5, 5.41) is 0. The first kappa shape index (κ1) is 27.5. The van der Waals surface area contributed by atoms with E-state index in [0.29, 0.717) is 24.4 Å². The zero-order chi connectivity index (χ0) is 22.7. The van der Waals surface area contributed by atoms with E-state index >= 15 is 0 Å². The van der Waals surface area contributed by atoms with Crippen LogP contribution in [0.4, 0.5) is 0 Å². The molecule has 2 nitrogen and oxygen atoms in total. The van der Waals surface area contributed by atoms with Crippen LogP contribution in [0.1, 0.15) is 110 Å². The van der Waals surface area contributed by atoms with Gasteiger partial charge in [-0.3, -0.25) is 4.79 Å². The quantitative estimate of drug-likeness (QED) is 0.407. The standard InChI is InChI=1S/C26H52O2/c1-18(15-23(3,4)5)20(25(9,10)11)17-28-22(27)21(26(12,13)14)19(2)16-24(6,7)8/h18-21H,15-17H2,1-14H3. The van der Waals surface area contributed by atoms with E-state index in [9.17, 15) is 4.79 Å². The summed E-state index contributed by atoms with van der Waals surface area (Å²) in [7, 11) is 0. The van der Waals surface area contributed by atoms with E-state index in [1.807, 2.05) is 0 Å². The minimum atomic E-state index is -0.101. The fraction of sp³-hybridized carbons (Fsp3) is 0.962. The van der Waals surface area contributed by atoms with Crippen LogP contribution in [0, 0.1) is 45.3 Å². The van der Waals surface area contributed by atoms with Gasteiger partial charge in [0, 0.05) is 5.92 Å². The maximum Gasteiger partial charge on any atom is 0.309 e. The molecule has 0 N–H and O–H groups in total. The molecule has 168 valence electrons. The Hall–Kier alpha value is -0.530. The van der Waals surface area contributed by atoms with Crippen LogP contribution in [-0.2, 0) is 9.53 Å². The van der Waals surface area contributed by atoms with Gasteiger partial charge in [0.1, 0.15) is 0 Å². The van der Waals surface area contributed by atoms with Crippen molar-refractivity contribution in [2.75, 3.05) is 6.61 Å². The molecule has 0 aliphatic heterocycles. The second-order valence-corrected chi connectivity index (χ2v) is 13.9. The van der Waals surface area contributed by atoms with Gasteiger partial charge in [-0.2, -0.15) is 0 Å². The normalized spacial score (nSPS) is 18.4. The Balaban J connectivity index is 5.37.